The largest absolute Gasteiger partial charge is 0.392 e. The van der Waals surface area contributed by atoms with E-state index in [0.29, 0.717) is 11.0 Å². The van der Waals surface area contributed by atoms with Crippen LogP contribution in [0.3, 0.4) is 0 Å². The number of fused-ring (bicyclic) bond motifs is 1. The van der Waals surface area contributed by atoms with Gasteiger partial charge in [-0.15, -0.1) is 11.3 Å². The van der Waals surface area contributed by atoms with Crippen molar-refractivity contribution < 1.29 is 5.11 Å². The van der Waals surface area contributed by atoms with Gasteiger partial charge in [0, 0.05) is 5.25 Å². The van der Waals surface area contributed by atoms with Gasteiger partial charge >= 0.3 is 0 Å². The summed E-state index contributed by atoms with van der Waals surface area (Å²) in [6.07, 6.45) is -0.395. The van der Waals surface area contributed by atoms with E-state index in [1.54, 1.807) is 18.3 Å². The lowest BCUT2D eigenvalue weighted by Crippen LogP contribution is -2.15. The fourth-order valence-electron chi connectivity index (χ4n) is 1.18. The first-order valence-corrected chi connectivity index (χ1v) is 6.69. The molecule has 2 atom stereocenters. The van der Waals surface area contributed by atoms with E-state index in [0.717, 1.165) is 10.2 Å². The third-order valence-electron chi connectivity index (χ3n) is 2.30. The molecule has 86 valence electrons. The molecule has 2 aromatic rings. The SMILES string of the molecule is CC(O)C(C)Sc1nc(N)c2ccsc2n1. The monoisotopic (exact) mass is 255 g/mol. The van der Waals surface area contributed by atoms with Crippen molar-refractivity contribution in [3.8, 4) is 0 Å². The molecule has 0 aliphatic rings. The Kier molecular flexibility index (Phi) is 3.32. The number of nitrogen functional groups attached to an aromatic ring is 1. The van der Waals surface area contributed by atoms with Crippen LogP contribution in [0.5, 0.6) is 0 Å². The second kappa shape index (κ2) is 4.57. The summed E-state index contributed by atoms with van der Waals surface area (Å²) in [5.74, 6) is 0.506. The van der Waals surface area contributed by atoms with Crippen molar-refractivity contribution in [1.29, 1.82) is 0 Å². The van der Waals surface area contributed by atoms with Crippen LogP contribution in [-0.4, -0.2) is 26.4 Å². The highest BCUT2D eigenvalue weighted by atomic mass is 32.2. The average Bonchev–Trinajstić information content (AvgIpc) is 2.65. The van der Waals surface area contributed by atoms with Gasteiger partial charge in [0.25, 0.3) is 0 Å². The van der Waals surface area contributed by atoms with Crippen molar-refractivity contribution in [2.24, 2.45) is 0 Å². The molecule has 6 heteroatoms. The number of thioether (sulfide) groups is 1. The number of nitrogens with two attached hydrogens (primary N) is 1. The molecule has 0 aliphatic carbocycles. The van der Waals surface area contributed by atoms with E-state index in [1.165, 1.54) is 11.8 Å². The van der Waals surface area contributed by atoms with Gasteiger partial charge in [-0.1, -0.05) is 18.7 Å². The highest BCUT2D eigenvalue weighted by molar-refractivity contribution is 7.99. The van der Waals surface area contributed by atoms with Crippen molar-refractivity contribution in [2.75, 3.05) is 5.73 Å². The van der Waals surface area contributed by atoms with Crippen LogP contribution in [0.4, 0.5) is 5.82 Å². The Labute approximate surface area is 102 Å². The number of anilines is 1. The van der Waals surface area contributed by atoms with Gasteiger partial charge < -0.3 is 10.8 Å². The van der Waals surface area contributed by atoms with Crippen molar-refractivity contribution in [2.45, 2.75) is 30.4 Å². The molecule has 0 radical (unpaired) electrons. The molecule has 0 bridgehead atoms. The molecule has 0 saturated carbocycles. The third kappa shape index (κ3) is 2.28. The first-order chi connectivity index (χ1) is 7.58. The van der Waals surface area contributed by atoms with Crippen molar-refractivity contribution >= 4 is 39.1 Å². The summed E-state index contributed by atoms with van der Waals surface area (Å²) < 4.78 is 0. The summed E-state index contributed by atoms with van der Waals surface area (Å²) in [6, 6.07) is 1.92. The number of hydrogen-bond acceptors (Lipinski definition) is 6. The van der Waals surface area contributed by atoms with Gasteiger partial charge in [-0.25, -0.2) is 9.97 Å². The maximum atomic E-state index is 9.42. The van der Waals surface area contributed by atoms with Gasteiger partial charge in [-0.3, -0.25) is 0 Å². The van der Waals surface area contributed by atoms with Gasteiger partial charge in [-0.05, 0) is 18.4 Å². The summed E-state index contributed by atoms with van der Waals surface area (Å²) in [7, 11) is 0. The van der Waals surface area contributed by atoms with Crippen LogP contribution in [0.2, 0.25) is 0 Å². The van der Waals surface area contributed by atoms with Gasteiger partial charge in [0.05, 0.1) is 11.5 Å². The molecule has 3 N–H and O–H groups in total. The van der Waals surface area contributed by atoms with Crippen LogP contribution < -0.4 is 5.73 Å². The number of nitrogens with zero attached hydrogens (tertiary/aromatic N) is 2. The molecule has 16 heavy (non-hydrogen) atoms. The first kappa shape index (κ1) is 11.6. The highest BCUT2D eigenvalue weighted by Crippen LogP contribution is 2.28. The Hall–Kier alpha value is -0.850. The van der Waals surface area contributed by atoms with E-state index < -0.39 is 6.10 Å². The number of aromatic nitrogens is 2. The number of aliphatic hydroxyl groups is 1. The summed E-state index contributed by atoms with van der Waals surface area (Å²) in [5.41, 5.74) is 5.83. The summed E-state index contributed by atoms with van der Waals surface area (Å²) in [5, 5.41) is 12.9. The van der Waals surface area contributed by atoms with E-state index in [-0.39, 0.29) is 5.25 Å². The number of rotatable bonds is 3. The van der Waals surface area contributed by atoms with E-state index in [1.807, 2.05) is 18.4 Å². The molecular formula is C10H13N3OS2. The minimum atomic E-state index is -0.395. The highest BCUT2D eigenvalue weighted by Gasteiger charge is 2.14. The van der Waals surface area contributed by atoms with Crippen LogP contribution in [0, 0.1) is 0 Å². The van der Waals surface area contributed by atoms with E-state index in [2.05, 4.69) is 9.97 Å². The summed E-state index contributed by atoms with van der Waals surface area (Å²) in [6.45, 7) is 3.69. The Morgan fingerprint density at radius 3 is 2.88 bits per heavy atom. The Morgan fingerprint density at radius 1 is 1.44 bits per heavy atom. The molecule has 4 nitrogen and oxygen atoms in total. The van der Waals surface area contributed by atoms with Gasteiger partial charge in [0.15, 0.2) is 5.16 Å². The molecule has 0 fully saturated rings. The summed E-state index contributed by atoms with van der Waals surface area (Å²) >= 11 is 2.98. The molecule has 2 unspecified atom stereocenters. The normalized spacial score (nSPS) is 15.2. The van der Waals surface area contributed by atoms with Crippen molar-refractivity contribution in [1.82, 2.24) is 9.97 Å². The van der Waals surface area contributed by atoms with Crippen molar-refractivity contribution in [3.63, 3.8) is 0 Å². The van der Waals surface area contributed by atoms with E-state index >= 15 is 0 Å². The predicted molar refractivity (Wildman–Crippen MR) is 68.8 cm³/mol. The molecule has 0 spiro atoms. The molecule has 2 rings (SSSR count). The smallest absolute Gasteiger partial charge is 0.191 e. The Bertz CT molecular complexity index is 498. The fourth-order valence-corrected chi connectivity index (χ4v) is 2.83. The number of hydrogen-bond donors (Lipinski definition) is 2. The minimum absolute atomic E-state index is 0.0526. The zero-order valence-corrected chi connectivity index (χ0v) is 10.7. The number of thiophene rings is 1. The number of aliphatic hydroxyl groups excluding tert-OH is 1. The van der Waals surface area contributed by atoms with Crippen LogP contribution in [0.25, 0.3) is 10.2 Å². The lowest BCUT2D eigenvalue weighted by atomic mass is 10.3. The predicted octanol–water partition coefficient (Wildman–Crippen LogP) is 2.13. The molecule has 0 saturated heterocycles. The topological polar surface area (TPSA) is 72.0 Å². The zero-order valence-electron chi connectivity index (χ0n) is 9.04. The zero-order chi connectivity index (χ0) is 11.7. The first-order valence-electron chi connectivity index (χ1n) is 4.93. The molecule has 0 aromatic carbocycles. The maximum absolute atomic E-state index is 9.42. The summed E-state index contributed by atoms with van der Waals surface area (Å²) in [4.78, 5) is 9.51. The second-order valence-electron chi connectivity index (χ2n) is 3.59. The quantitative estimate of drug-likeness (QED) is 0.649. The molecular weight excluding hydrogens is 242 g/mol. The fraction of sp³-hybridized carbons (Fsp3) is 0.400. The Balaban J connectivity index is 2.31. The van der Waals surface area contributed by atoms with Crippen molar-refractivity contribution in [3.05, 3.63) is 11.4 Å². The maximum Gasteiger partial charge on any atom is 0.191 e. The van der Waals surface area contributed by atoms with Crippen LogP contribution in [-0.2, 0) is 0 Å². The van der Waals surface area contributed by atoms with Crippen LogP contribution in [0.15, 0.2) is 16.6 Å². The minimum Gasteiger partial charge on any atom is -0.392 e. The lowest BCUT2D eigenvalue weighted by Gasteiger charge is -2.12. The lowest BCUT2D eigenvalue weighted by molar-refractivity contribution is 0.196. The molecule has 2 aromatic heterocycles. The standard InChI is InChI=1S/C10H13N3OS2/c1-5(14)6(2)16-10-12-8(11)7-3-4-15-9(7)13-10/h3-6,14H,1-2H3,(H2,11,12,13). The molecule has 0 aliphatic heterocycles. The molecule has 0 amide bonds. The molecule has 2 heterocycles. The third-order valence-corrected chi connectivity index (χ3v) is 4.27. The average molecular weight is 255 g/mol. The van der Waals surface area contributed by atoms with Crippen LogP contribution >= 0.6 is 23.1 Å². The van der Waals surface area contributed by atoms with E-state index in [9.17, 15) is 5.11 Å². The second-order valence-corrected chi connectivity index (χ2v) is 5.83. The Morgan fingerprint density at radius 2 is 2.19 bits per heavy atom. The van der Waals surface area contributed by atoms with Gasteiger partial charge in [0.2, 0.25) is 0 Å². The van der Waals surface area contributed by atoms with Gasteiger partial charge in [0.1, 0.15) is 10.6 Å². The van der Waals surface area contributed by atoms with Crippen LogP contribution in [0.1, 0.15) is 13.8 Å². The van der Waals surface area contributed by atoms with E-state index in [4.69, 9.17) is 5.73 Å². The van der Waals surface area contributed by atoms with Gasteiger partial charge in [-0.2, -0.15) is 0 Å².